The number of para-hydroxylation sites is 1. The van der Waals surface area contributed by atoms with Gasteiger partial charge in [0, 0.05) is 16.6 Å². The first-order valence-electron chi connectivity index (χ1n) is 6.00. The van der Waals surface area contributed by atoms with Crippen LogP contribution in [-0.4, -0.2) is 7.05 Å². The van der Waals surface area contributed by atoms with Crippen LogP contribution >= 0.6 is 31.9 Å². The number of benzene rings is 2. The van der Waals surface area contributed by atoms with E-state index < -0.39 is 0 Å². The Balaban J connectivity index is 2.06. The fourth-order valence-corrected chi connectivity index (χ4v) is 2.68. The molecule has 2 rings (SSSR count). The van der Waals surface area contributed by atoms with E-state index in [1.807, 2.05) is 31.3 Å². The van der Waals surface area contributed by atoms with Crippen LogP contribution in [0.2, 0.25) is 0 Å². The molecule has 4 heteroatoms. The van der Waals surface area contributed by atoms with Crippen LogP contribution in [0.3, 0.4) is 0 Å². The molecule has 0 aliphatic carbocycles. The molecule has 19 heavy (non-hydrogen) atoms. The number of nitrogens with one attached hydrogen (secondary N) is 1. The monoisotopic (exact) mass is 383 g/mol. The van der Waals surface area contributed by atoms with Gasteiger partial charge in [0.2, 0.25) is 0 Å². The average Bonchev–Trinajstić information content (AvgIpc) is 2.40. The van der Waals surface area contributed by atoms with Gasteiger partial charge >= 0.3 is 0 Å². The summed E-state index contributed by atoms with van der Waals surface area (Å²) in [5.41, 5.74) is 2.38. The predicted molar refractivity (Wildman–Crippen MR) is 85.4 cm³/mol. The number of hydrogen-bond acceptors (Lipinski definition) is 2. The van der Waals surface area contributed by atoms with Crippen LogP contribution in [0.25, 0.3) is 0 Å². The lowest BCUT2D eigenvalue weighted by Crippen LogP contribution is -2.05. The lowest BCUT2D eigenvalue weighted by atomic mass is 10.1. The van der Waals surface area contributed by atoms with Crippen LogP contribution in [0.1, 0.15) is 11.1 Å². The third-order valence-corrected chi connectivity index (χ3v) is 4.11. The van der Waals surface area contributed by atoms with Crippen LogP contribution in [0.15, 0.2) is 51.4 Å². The van der Waals surface area contributed by atoms with Crippen molar-refractivity contribution >= 4 is 31.9 Å². The Morgan fingerprint density at radius 3 is 2.53 bits per heavy atom. The lowest BCUT2D eigenvalue weighted by Gasteiger charge is -2.10. The molecule has 100 valence electrons. The highest BCUT2D eigenvalue weighted by molar-refractivity contribution is 9.10. The standard InChI is InChI=1S/C15H15Br2NO/c1-18-9-11-6-7-12(14(17)8-11)10-19-15-5-3-2-4-13(15)16/h2-8,18H,9-10H2,1H3. The number of halogens is 2. The Hall–Kier alpha value is -0.840. The molecular weight excluding hydrogens is 370 g/mol. The first-order valence-corrected chi connectivity index (χ1v) is 7.58. The highest BCUT2D eigenvalue weighted by Gasteiger charge is 2.04. The SMILES string of the molecule is CNCc1ccc(COc2ccccc2Br)c(Br)c1. The molecule has 2 aromatic rings. The average molecular weight is 385 g/mol. The second kappa shape index (κ2) is 7.08. The van der Waals surface area contributed by atoms with Gasteiger partial charge in [-0.05, 0) is 46.7 Å². The minimum atomic E-state index is 0.545. The fraction of sp³-hybridized carbons (Fsp3) is 0.200. The summed E-state index contributed by atoms with van der Waals surface area (Å²) in [4.78, 5) is 0. The maximum atomic E-state index is 5.81. The highest BCUT2D eigenvalue weighted by atomic mass is 79.9. The molecule has 0 heterocycles. The predicted octanol–water partition coefficient (Wildman–Crippen LogP) is 4.51. The molecule has 0 atom stereocenters. The summed E-state index contributed by atoms with van der Waals surface area (Å²) in [5.74, 6) is 0.855. The van der Waals surface area contributed by atoms with Gasteiger partial charge in [0.1, 0.15) is 12.4 Å². The quantitative estimate of drug-likeness (QED) is 0.818. The topological polar surface area (TPSA) is 21.3 Å². The van der Waals surface area contributed by atoms with Crippen molar-refractivity contribution in [3.8, 4) is 5.75 Å². The number of ether oxygens (including phenoxy) is 1. The smallest absolute Gasteiger partial charge is 0.133 e. The maximum absolute atomic E-state index is 5.81. The van der Waals surface area contributed by atoms with Gasteiger partial charge in [-0.15, -0.1) is 0 Å². The summed E-state index contributed by atoms with van der Waals surface area (Å²) in [6, 6.07) is 14.2. The van der Waals surface area contributed by atoms with Crippen molar-refractivity contribution in [2.24, 2.45) is 0 Å². The fourth-order valence-electron chi connectivity index (χ4n) is 1.74. The van der Waals surface area contributed by atoms with Crippen molar-refractivity contribution in [2.75, 3.05) is 7.05 Å². The Labute approximate surface area is 130 Å². The zero-order chi connectivity index (χ0) is 13.7. The van der Waals surface area contributed by atoms with Crippen molar-refractivity contribution in [2.45, 2.75) is 13.2 Å². The zero-order valence-electron chi connectivity index (χ0n) is 10.6. The molecule has 0 amide bonds. The van der Waals surface area contributed by atoms with E-state index in [0.717, 1.165) is 26.8 Å². The third kappa shape index (κ3) is 4.06. The summed E-state index contributed by atoms with van der Waals surface area (Å²) in [6.45, 7) is 1.41. The van der Waals surface area contributed by atoms with Gasteiger partial charge in [-0.3, -0.25) is 0 Å². The van der Waals surface area contributed by atoms with E-state index >= 15 is 0 Å². The Kier molecular flexibility index (Phi) is 5.43. The summed E-state index contributed by atoms with van der Waals surface area (Å²) < 4.78 is 7.86. The van der Waals surface area contributed by atoms with Crippen LogP contribution in [0, 0.1) is 0 Å². The summed E-state index contributed by atoms with van der Waals surface area (Å²) in [7, 11) is 1.94. The molecule has 0 spiro atoms. The normalized spacial score (nSPS) is 10.5. The molecule has 0 saturated heterocycles. The first-order chi connectivity index (χ1) is 9.20. The molecule has 0 fully saturated rings. The zero-order valence-corrected chi connectivity index (χ0v) is 13.8. The molecule has 1 N–H and O–H groups in total. The summed E-state index contributed by atoms with van der Waals surface area (Å²) in [5, 5.41) is 3.14. The van der Waals surface area contributed by atoms with Crippen molar-refractivity contribution in [1.29, 1.82) is 0 Å². The largest absolute Gasteiger partial charge is 0.488 e. The molecule has 0 aromatic heterocycles. The van der Waals surface area contributed by atoms with Crippen LogP contribution < -0.4 is 10.1 Å². The van der Waals surface area contributed by atoms with E-state index in [1.165, 1.54) is 5.56 Å². The number of rotatable bonds is 5. The van der Waals surface area contributed by atoms with E-state index in [0.29, 0.717) is 6.61 Å². The van der Waals surface area contributed by atoms with Gasteiger partial charge in [0.05, 0.1) is 4.47 Å². The minimum absolute atomic E-state index is 0.545. The van der Waals surface area contributed by atoms with Crippen molar-refractivity contribution in [1.82, 2.24) is 5.32 Å². The van der Waals surface area contributed by atoms with Crippen molar-refractivity contribution in [3.05, 3.63) is 62.5 Å². The maximum Gasteiger partial charge on any atom is 0.133 e. The van der Waals surface area contributed by atoms with Gasteiger partial charge in [-0.25, -0.2) is 0 Å². The van der Waals surface area contributed by atoms with Crippen LogP contribution in [-0.2, 0) is 13.2 Å². The van der Waals surface area contributed by atoms with Gasteiger partial charge in [0.15, 0.2) is 0 Å². The second-order valence-corrected chi connectivity index (χ2v) is 5.88. The van der Waals surface area contributed by atoms with E-state index in [1.54, 1.807) is 0 Å². The van der Waals surface area contributed by atoms with E-state index in [9.17, 15) is 0 Å². The Morgan fingerprint density at radius 2 is 1.84 bits per heavy atom. The van der Waals surface area contributed by atoms with E-state index in [2.05, 4.69) is 55.4 Å². The molecule has 2 nitrogen and oxygen atoms in total. The second-order valence-electron chi connectivity index (χ2n) is 4.18. The molecule has 0 aliphatic heterocycles. The minimum Gasteiger partial charge on any atom is -0.488 e. The Bertz CT molecular complexity index is 558. The number of hydrogen-bond donors (Lipinski definition) is 1. The van der Waals surface area contributed by atoms with Gasteiger partial charge in [0.25, 0.3) is 0 Å². The highest BCUT2D eigenvalue weighted by Crippen LogP contribution is 2.26. The molecule has 0 bridgehead atoms. The molecule has 0 unspecified atom stereocenters. The van der Waals surface area contributed by atoms with Crippen molar-refractivity contribution in [3.63, 3.8) is 0 Å². The van der Waals surface area contributed by atoms with Gasteiger partial charge in [-0.1, -0.05) is 40.2 Å². The molecule has 2 aromatic carbocycles. The van der Waals surface area contributed by atoms with Gasteiger partial charge in [-0.2, -0.15) is 0 Å². The third-order valence-electron chi connectivity index (χ3n) is 2.72. The molecule has 0 aliphatic rings. The van der Waals surface area contributed by atoms with E-state index in [-0.39, 0.29) is 0 Å². The van der Waals surface area contributed by atoms with Crippen molar-refractivity contribution < 1.29 is 4.74 Å². The first kappa shape index (κ1) is 14.6. The Morgan fingerprint density at radius 1 is 1.05 bits per heavy atom. The summed E-state index contributed by atoms with van der Waals surface area (Å²) in [6.07, 6.45) is 0. The van der Waals surface area contributed by atoms with Gasteiger partial charge < -0.3 is 10.1 Å². The van der Waals surface area contributed by atoms with Crippen LogP contribution in [0.5, 0.6) is 5.75 Å². The summed E-state index contributed by atoms with van der Waals surface area (Å²) >= 11 is 7.07. The molecule has 0 saturated carbocycles. The lowest BCUT2D eigenvalue weighted by molar-refractivity contribution is 0.303. The van der Waals surface area contributed by atoms with E-state index in [4.69, 9.17) is 4.74 Å². The molecule has 0 radical (unpaired) electrons. The van der Waals surface area contributed by atoms with Crippen LogP contribution in [0.4, 0.5) is 0 Å². The molecular formula is C15H15Br2NO.